The zero-order chi connectivity index (χ0) is 15.3. The molecule has 0 aliphatic heterocycles. The van der Waals surface area contributed by atoms with Gasteiger partial charge in [0.1, 0.15) is 5.69 Å². The summed E-state index contributed by atoms with van der Waals surface area (Å²) in [5.41, 5.74) is 5.54. The number of nitrogens with two attached hydrogens (primary N) is 1. The number of aromatic nitrogens is 2. The van der Waals surface area contributed by atoms with Gasteiger partial charge in [0.05, 0.1) is 4.92 Å². The van der Waals surface area contributed by atoms with Crippen LogP contribution >= 0.6 is 0 Å². The summed E-state index contributed by atoms with van der Waals surface area (Å²) in [6.45, 7) is 4.27. The Morgan fingerprint density at radius 2 is 2.15 bits per heavy atom. The van der Waals surface area contributed by atoms with E-state index in [0.29, 0.717) is 37.3 Å². The predicted molar refractivity (Wildman–Crippen MR) is 75.5 cm³/mol. The van der Waals surface area contributed by atoms with E-state index in [1.165, 1.54) is 4.68 Å². The number of nitrogens with one attached hydrogen (secondary N) is 1. The highest BCUT2D eigenvalue weighted by atomic mass is 16.6. The summed E-state index contributed by atoms with van der Waals surface area (Å²) in [5, 5.41) is 18.4. The third-order valence-electron chi connectivity index (χ3n) is 2.92. The van der Waals surface area contributed by atoms with E-state index >= 15 is 0 Å². The first kappa shape index (κ1) is 15.9. The van der Waals surface area contributed by atoms with Crippen LogP contribution in [0.4, 0.5) is 11.5 Å². The third-order valence-corrected chi connectivity index (χ3v) is 2.92. The second kappa shape index (κ2) is 6.88. The van der Waals surface area contributed by atoms with Gasteiger partial charge in [-0.15, -0.1) is 0 Å². The fraction of sp³-hybridized carbons (Fsp3) is 0.667. The lowest BCUT2D eigenvalue weighted by atomic mass is 10.1. The van der Waals surface area contributed by atoms with Gasteiger partial charge in [-0.1, -0.05) is 13.8 Å². The molecule has 1 amide bonds. The average Bonchev–Trinajstić information content (AvgIpc) is 2.66. The number of hydrogen-bond donors (Lipinski definition) is 2. The van der Waals surface area contributed by atoms with Crippen LogP contribution in [0.5, 0.6) is 0 Å². The quantitative estimate of drug-likeness (QED) is 0.426. The molecule has 20 heavy (non-hydrogen) atoms. The van der Waals surface area contributed by atoms with E-state index in [0.717, 1.165) is 0 Å². The first-order valence-corrected chi connectivity index (χ1v) is 6.58. The van der Waals surface area contributed by atoms with E-state index in [9.17, 15) is 14.9 Å². The molecule has 0 atom stereocenters. The molecule has 0 aromatic carbocycles. The molecular formula is C12H21N5O3. The Hall–Kier alpha value is -2.12. The Morgan fingerprint density at radius 3 is 2.65 bits per heavy atom. The Kier molecular flexibility index (Phi) is 5.48. The van der Waals surface area contributed by atoms with Crippen LogP contribution in [0.1, 0.15) is 44.7 Å². The lowest BCUT2D eigenvalue weighted by Gasteiger charge is -2.05. The number of carbonyl (C=O) groups excluding carboxylic acids is 1. The van der Waals surface area contributed by atoms with Gasteiger partial charge < -0.3 is 11.1 Å². The number of unbranched alkanes of at least 4 members (excludes halogenated alkanes) is 1. The van der Waals surface area contributed by atoms with Gasteiger partial charge in [0.2, 0.25) is 11.7 Å². The molecule has 0 bridgehead atoms. The second-order valence-corrected chi connectivity index (χ2v) is 4.97. The molecule has 1 aromatic rings. The molecule has 0 aliphatic carbocycles. The van der Waals surface area contributed by atoms with Gasteiger partial charge in [0, 0.05) is 25.9 Å². The number of anilines is 1. The van der Waals surface area contributed by atoms with Crippen LogP contribution in [-0.2, 0) is 11.8 Å². The fourth-order valence-electron chi connectivity index (χ4n) is 1.93. The van der Waals surface area contributed by atoms with Crippen molar-refractivity contribution in [3.8, 4) is 0 Å². The number of amides is 1. The lowest BCUT2D eigenvalue weighted by molar-refractivity contribution is -0.384. The molecule has 8 nitrogen and oxygen atoms in total. The summed E-state index contributed by atoms with van der Waals surface area (Å²) in [6.07, 6.45) is 1.69. The van der Waals surface area contributed by atoms with Crippen LogP contribution in [0, 0.1) is 10.1 Å². The average molecular weight is 283 g/mol. The molecule has 1 aromatic heterocycles. The van der Waals surface area contributed by atoms with Gasteiger partial charge in [-0.25, -0.2) is 4.68 Å². The van der Waals surface area contributed by atoms with Crippen LogP contribution in [0.2, 0.25) is 0 Å². The summed E-state index contributed by atoms with van der Waals surface area (Å²) in [6, 6.07) is 0. The summed E-state index contributed by atoms with van der Waals surface area (Å²) in [7, 11) is 1.67. The monoisotopic (exact) mass is 283 g/mol. The highest BCUT2D eigenvalue weighted by Crippen LogP contribution is 2.32. The Bertz CT molecular complexity index is 496. The molecule has 0 fully saturated rings. The number of aryl methyl sites for hydroxylation is 1. The zero-order valence-electron chi connectivity index (χ0n) is 12.0. The number of primary amides is 1. The summed E-state index contributed by atoms with van der Waals surface area (Å²) < 4.78 is 1.49. The third kappa shape index (κ3) is 3.94. The number of hydrogen-bond acceptors (Lipinski definition) is 5. The maximum Gasteiger partial charge on any atom is 0.334 e. The molecule has 1 heterocycles. The number of nitrogens with zero attached hydrogens (tertiary/aromatic N) is 3. The normalized spacial score (nSPS) is 10.8. The smallest absolute Gasteiger partial charge is 0.334 e. The highest BCUT2D eigenvalue weighted by Gasteiger charge is 2.28. The van der Waals surface area contributed by atoms with Crippen LogP contribution < -0.4 is 11.1 Å². The van der Waals surface area contributed by atoms with Crippen molar-refractivity contribution < 1.29 is 9.72 Å². The maximum atomic E-state index is 11.2. The molecule has 0 aliphatic rings. The molecule has 0 saturated heterocycles. The maximum absolute atomic E-state index is 11.2. The minimum Gasteiger partial charge on any atom is -0.370 e. The van der Waals surface area contributed by atoms with Gasteiger partial charge in [0.25, 0.3) is 0 Å². The second-order valence-electron chi connectivity index (χ2n) is 4.97. The van der Waals surface area contributed by atoms with Crippen molar-refractivity contribution in [3.63, 3.8) is 0 Å². The molecule has 0 saturated carbocycles. The SMILES string of the molecule is CC(C)c1nn(C)c(NCCCCC(N)=O)c1[N+](=O)[O-]. The van der Waals surface area contributed by atoms with Crippen LogP contribution in [0.25, 0.3) is 0 Å². The van der Waals surface area contributed by atoms with Gasteiger partial charge in [0.15, 0.2) is 0 Å². The van der Waals surface area contributed by atoms with Gasteiger partial charge in [-0.05, 0) is 12.8 Å². The predicted octanol–water partition coefficient (Wildman–Crippen LogP) is 1.52. The van der Waals surface area contributed by atoms with E-state index in [2.05, 4.69) is 10.4 Å². The van der Waals surface area contributed by atoms with Crippen molar-refractivity contribution in [1.29, 1.82) is 0 Å². The Morgan fingerprint density at radius 1 is 1.50 bits per heavy atom. The van der Waals surface area contributed by atoms with Crippen LogP contribution in [-0.4, -0.2) is 27.2 Å². The molecule has 112 valence electrons. The molecule has 0 spiro atoms. The standard InChI is InChI=1S/C12H21N5O3/c1-8(2)10-11(17(19)20)12(16(3)15-10)14-7-5-4-6-9(13)18/h8,14H,4-7H2,1-3H3,(H2,13,18). The molecule has 8 heteroatoms. The topological polar surface area (TPSA) is 116 Å². The molecule has 0 unspecified atom stereocenters. The van der Waals surface area contributed by atoms with E-state index < -0.39 is 4.92 Å². The minimum atomic E-state index is -0.409. The first-order chi connectivity index (χ1) is 9.34. The lowest BCUT2D eigenvalue weighted by Crippen LogP contribution is -2.12. The first-order valence-electron chi connectivity index (χ1n) is 6.58. The Labute approximate surface area is 117 Å². The van der Waals surface area contributed by atoms with Crippen molar-refractivity contribution in [1.82, 2.24) is 9.78 Å². The largest absolute Gasteiger partial charge is 0.370 e. The summed E-state index contributed by atoms with van der Waals surface area (Å²) in [4.78, 5) is 21.4. The van der Waals surface area contributed by atoms with Crippen molar-refractivity contribution >= 4 is 17.4 Å². The molecule has 0 radical (unpaired) electrons. The number of rotatable bonds is 8. The summed E-state index contributed by atoms with van der Waals surface area (Å²) >= 11 is 0. The van der Waals surface area contributed by atoms with Gasteiger partial charge in [-0.2, -0.15) is 5.10 Å². The van der Waals surface area contributed by atoms with Crippen molar-refractivity contribution in [2.45, 2.75) is 39.0 Å². The van der Waals surface area contributed by atoms with Crippen molar-refractivity contribution in [2.75, 3.05) is 11.9 Å². The molecular weight excluding hydrogens is 262 g/mol. The number of nitro groups is 1. The van der Waals surface area contributed by atoms with Crippen molar-refractivity contribution in [3.05, 3.63) is 15.8 Å². The van der Waals surface area contributed by atoms with Gasteiger partial charge >= 0.3 is 5.69 Å². The summed E-state index contributed by atoms with van der Waals surface area (Å²) in [5.74, 6) is 0.0448. The van der Waals surface area contributed by atoms with Crippen LogP contribution in [0.3, 0.4) is 0 Å². The van der Waals surface area contributed by atoms with Gasteiger partial charge in [-0.3, -0.25) is 14.9 Å². The van der Waals surface area contributed by atoms with E-state index in [1.54, 1.807) is 7.05 Å². The van der Waals surface area contributed by atoms with Crippen LogP contribution in [0.15, 0.2) is 0 Å². The molecule has 1 rings (SSSR count). The van der Waals surface area contributed by atoms with Crippen molar-refractivity contribution in [2.24, 2.45) is 12.8 Å². The number of carbonyl (C=O) groups is 1. The fourth-order valence-corrected chi connectivity index (χ4v) is 1.93. The van der Waals surface area contributed by atoms with E-state index in [4.69, 9.17) is 5.73 Å². The van der Waals surface area contributed by atoms with E-state index in [-0.39, 0.29) is 17.5 Å². The molecule has 3 N–H and O–H groups in total. The zero-order valence-corrected chi connectivity index (χ0v) is 12.0. The highest BCUT2D eigenvalue weighted by molar-refractivity contribution is 5.73. The minimum absolute atomic E-state index is 0.0213. The van der Waals surface area contributed by atoms with E-state index in [1.807, 2.05) is 13.8 Å². The Balaban J connectivity index is 2.74.